The molecular weight excluding hydrogens is 214 g/mol. The molecular formula is C13H23N3O. The summed E-state index contributed by atoms with van der Waals surface area (Å²) in [5.41, 5.74) is 7.32. The topological polar surface area (TPSA) is 53.1 Å². The molecule has 0 radical (unpaired) electrons. The predicted octanol–water partition coefficient (Wildman–Crippen LogP) is 2.08. The second-order valence-corrected chi connectivity index (χ2v) is 5.14. The standard InChI is InChI=1S/C13H23N3O/c1-2-7-16-11-15-8-12(16)9-17-10-13(14)5-3-4-6-13/h8,11H,2-7,9-10,14H2,1H3. The average molecular weight is 237 g/mol. The zero-order chi connectivity index (χ0) is 12.1. The van der Waals surface area contributed by atoms with Crippen molar-refractivity contribution in [3.63, 3.8) is 0 Å². The second kappa shape index (κ2) is 5.65. The molecule has 1 fully saturated rings. The van der Waals surface area contributed by atoms with Crippen LogP contribution in [0.25, 0.3) is 0 Å². The van der Waals surface area contributed by atoms with E-state index < -0.39 is 0 Å². The highest BCUT2D eigenvalue weighted by atomic mass is 16.5. The highest BCUT2D eigenvalue weighted by Crippen LogP contribution is 2.27. The third-order valence-corrected chi connectivity index (χ3v) is 3.50. The Morgan fingerprint density at radius 1 is 1.47 bits per heavy atom. The lowest BCUT2D eigenvalue weighted by atomic mass is 10.0. The number of rotatable bonds is 6. The summed E-state index contributed by atoms with van der Waals surface area (Å²) in [5.74, 6) is 0. The monoisotopic (exact) mass is 237 g/mol. The second-order valence-electron chi connectivity index (χ2n) is 5.14. The van der Waals surface area contributed by atoms with Gasteiger partial charge in [-0.2, -0.15) is 0 Å². The van der Waals surface area contributed by atoms with Crippen LogP contribution in [0.4, 0.5) is 0 Å². The molecule has 2 N–H and O–H groups in total. The number of imidazole rings is 1. The molecule has 1 aromatic heterocycles. The molecule has 17 heavy (non-hydrogen) atoms. The Bertz CT molecular complexity index is 342. The fourth-order valence-electron chi connectivity index (χ4n) is 2.49. The SMILES string of the molecule is CCCn1cncc1COCC1(N)CCCC1. The van der Waals surface area contributed by atoms with Gasteiger partial charge >= 0.3 is 0 Å². The summed E-state index contributed by atoms with van der Waals surface area (Å²) in [6.45, 7) is 4.47. The van der Waals surface area contributed by atoms with Crippen LogP contribution in [0.3, 0.4) is 0 Å². The van der Waals surface area contributed by atoms with Crippen molar-refractivity contribution >= 4 is 0 Å². The van der Waals surface area contributed by atoms with Gasteiger partial charge in [0, 0.05) is 12.1 Å². The van der Waals surface area contributed by atoms with Crippen LogP contribution in [0.5, 0.6) is 0 Å². The van der Waals surface area contributed by atoms with E-state index in [1.54, 1.807) is 0 Å². The lowest BCUT2D eigenvalue weighted by molar-refractivity contribution is 0.0713. The molecule has 1 aliphatic carbocycles. The van der Waals surface area contributed by atoms with Gasteiger partial charge in [-0.05, 0) is 19.3 Å². The van der Waals surface area contributed by atoms with E-state index in [4.69, 9.17) is 10.5 Å². The van der Waals surface area contributed by atoms with E-state index in [1.165, 1.54) is 12.8 Å². The lowest BCUT2D eigenvalue weighted by Gasteiger charge is -2.23. The summed E-state index contributed by atoms with van der Waals surface area (Å²) >= 11 is 0. The lowest BCUT2D eigenvalue weighted by Crippen LogP contribution is -2.41. The van der Waals surface area contributed by atoms with Crippen LogP contribution in [0.2, 0.25) is 0 Å². The molecule has 0 saturated heterocycles. The first kappa shape index (κ1) is 12.6. The van der Waals surface area contributed by atoms with Gasteiger partial charge in [0.25, 0.3) is 0 Å². The molecule has 1 saturated carbocycles. The van der Waals surface area contributed by atoms with Crippen molar-refractivity contribution in [2.45, 2.75) is 57.7 Å². The Labute approximate surface area is 103 Å². The predicted molar refractivity (Wildman–Crippen MR) is 67.6 cm³/mol. The molecule has 1 aromatic rings. The van der Waals surface area contributed by atoms with Crippen molar-refractivity contribution in [1.82, 2.24) is 9.55 Å². The van der Waals surface area contributed by atoms with E-state index in [0.717, 1.165) is 31.5 Å². The Hall–Kier alpha value is -0.870. The average Bonchev–Trinajstić information content (AvgIpc) is 2.90. The van der Waals surface area contributed by atoms with Crippen molar-refractivity contribution in [1.29, 1.82) is 0 Å². The summed E-state index contributed by atoms with van der Waals surface area (Å²) in [5, 5.41) is 0. The smallest absolute Gasteiger partial charge is 0.0948 e. The Balaban J connectivity index is 1.79. The Morgan fingerprint density at radius 2 is 2.24 bits per heavy atom. The zero-order valence-corrected chi connectivity index (χ0v) is 10.7. The van der Waals surface area contributed by atoms with Crippen LogP contribution in [0, 0.1) is 0 Å². The van der Waals surface area contributed by atoms with Gasteiger partial charge in [0.05, 0.1) is 31.4 Å². The Morgan fingerprint density at radius 3 is 2.94 bits per heavy atom. The molecule has 0 bridgehead atoms. The van der Waals surface area contributed by atoms with Crippen molar-refractivity contribution in [2.75, 3.05) is 6.61 Å². The summed E-state index contributed by atoms with van der Waals surface area (Å²) < 4.78 is 7.92. The van der Waals surface area contributed by atoms with Crippen molar-refractivity contribution in [2.24, 2.45) is 5.73 Å². The third-order valence-electron chi connectivity index (χ3n) is 3.50. The maximum absolute atomic E-state index is 6.25. The zero-order valence-electron chi connectivity index (χ0n) is 10.7. The van der Waals surface area contributed by atoms with Gasteiger partial charge in [0.15, 0.2) is 0 Å². The normalized spacial score (nSPS) is 18.7. The minimum absolute atomic E-state index is 0.0738. The maximum atomic E-state index is 6.25. The molecule has 96 valence electrons. The first-order chi connectivity index (χ1) is 8.23. The van der Waals surface area contributed by atoms with Crippen LogP contribution in [0.15, 0.2) is 12.5 Å². The van der Waals surface area contributed by atoms with Crippen LogP contribution < -0.4 is 5.73 Å². The molecule has 0 amide bonds. The number of nitrogens with two attached hydrogens (primary N) is 1. The van der Waals surface area contributed by atoms with E-state index in [9.17, 15) is 0 Å². The minimum Gasteiger partial charge on any atom is -0.373 e. The van der Waals surface area contributed by atoms with Crippen LogP contribution in [0.1, 0.15) is 44.7 Å². The maximum Gasteiger partial charge on any atom is 0.0948 e. The molecule has 4 nitrogen and oxygen atoms in total. The van der Waals surface area contributed by atoms with Crippen LogP contribution in [-0.4, -0.2) is 21.7 Å². The number of ether oxygens (including phenoxy) is 1. The largest absolute Gasteiger partial charge is 0.373 e. The number of nitrogens with zero attached hydrogens (tertiary/aromatic N) is 2. The van der Waals surface area contributed by atoms with Crippen LogP contribution >= 0.6 is 0 Å². The van der Waals surface area contributed by atoms with Gasteiger partial charge in [-0.1, -0.05) is 19.8 Å². The molecule has 0 spiro atoms. The number of hydrogen-bond acceptors (Lipinski definition) is 3. The van der Waals surface area contributed by atoms with Crippen molar-refractivity contribution < 1.29 is 4.74 Å². The summed E-state index contributed by atoms with van der Waals surface area (Å²) in [6.07, 6.45) is 9.55. The highest BCUT2D eigenvalue weighted by Gasteiger charge is 2.29. The molecule has 4 heteroatoms. The molecule has 2 rings (SSSR count). The molecule has 0 aliphatic heterocycles. The molecule has 1 aliphatic rings. The third kappa shape index (κ3) is 3.30. The van der Waals surface area contributed by atoms with Gasteiger partial charge in [-0.25, -0.2) is 4.98 Å². The van der Waals surface area contributed by atoms with Crippen molar-refractivity contribution in [3.05, 3.63) is 18.2 Å². The quantitative estimate of drug-likeness (QED) is 0.824. The summed E-state index contributed by atoms with van der Waals surface area (Å²) in [7, 11) is 0. The van der Waals surface area contributed by atoms with E-state index in [2.05, 4.69) is 16.5 Å². The fraction of sp³-hybridized carbons (Fsp3) is 0.769. The summed E-state index contributed by atoms with van der Waals surface area (Å²) in [6, 6.07) is 0. The van der Waals surface area contributed by atoms with Gasteiger partial charge < -0.3 is 15.0 Å². The highest BCUT2D eigenvalue weighted by molar-refractivity contribution is 4.97. The Kier molecular flexibility index (Phi) is 4.18. The number of aryl methyl sites for hydroxylation is 1. The molecule has 1 heterocycles. The molecule has 0 unspecified atom stereocenters. The van der Waals surface area contributed by atoms with Gasteiger partial charge in [0.2, 0.25) is 0 Å². The summed E-state index contributed by atoms with van der Waals surface area (Å²) in [4.78, 5) is 4.16. The molecule has 0 aromatic carbocycles. The van der Waals surface area contributed by atoms with Gasteiger partial charge in [-0.15, -0.1) is 0 Å². The van der Waals surface area contributed by atoms with E-state index in [-0.39, 0.29) is 5.54 Å². The minimum atomic E-state index is -0.0738. The fourth-order valence-corrected chi connectivity index (χ4v) is 2.49. The van der Waals surface area contributed by atoms with Gasteiger partial charge in [-0.3, -0.25) is 0 Å². The van der Waals surface area contributed by atoms with Crippen molar-refractivity contribution in [3.8, 4) is 0 Å². The van der Waals surface area contributed by atoms with Crippen LogP contribution in [-0.2, 0) is 17.9 Å². The van der Waals surface area contributed by atoms with E-state index in [1.807, 2.05) is 12.5 Å². The number of aromatic nitrogens is 2. The van der Waals surface area contributed by atoms with E-state index >= 15 is 0 Å². The van der Waals surface area contributed by atoms with E-state index in [0.29, 0.717) is 13.2 Å². The van der Waals surface area contributed by atoms with Gasteiger partial charge in [0.1, 0.15) is 0 Å². The first-order valence-electron chi connectivity index (χ1n) is 6.59. The molecule has 0 atom stereocenters. The first-order valence-corrected chi connectivity index (χ1v) is 6.59. The number of hydrogen-bond donors (Lipinski definition) is 1.